The van der Waals surface area contributed by atoms with Gasteiger partial charge in [-0.1, -0.05) is 54.1 Å². The normalized spacial score (nSPS) is 13.1. The van der Waals surface area contributed by atoms with E-state index in [2.05, 4.69) is 4.72 Å². The molecular formula is C14H14ClNO3S. The summed E-state index contributed by atoms with van der Waals surface area (Å²) in [5.74, 6) is 0. The van der Waals surface area contributed by atoms with E-state index >= 15 is 0 Å². The summed E-state index contributed by atoms with van der Waals surface area (Å²) in [6.07, 6.45) is 0. The van der Waals surface area contributed by atoms with Gasteiger partial charge in [0.2, 0.25) is 10.0 Å². The zero-order valence-corrected chi connectivity index (χ0v) is 12.1. The van der Waals surface area contributed by atoms with Crippen LogP contribution in [-0.2, 0) is 10.0 Å². The summed E-state index contributed by atoms with van der Waals surface area (Å²) in [5.41, 5.74) is 0.686. The molecule has 0 bridgehead atoms. The van der Waals surface area contributed by atoms with Gasteiger partial charge >= 0.3 is 0 Å². The van der Waals surface area contributed by atoms with Crippen LogP contribution in [0.25, 0.3) is 0 Å². The second-order valence-electron chi connectivity index (χ2n) is 4.20. The van der Waals surface area contributed by atoms with E-state index in [1.54, 1.807) is 36.4 Å². The number of rotatable bonds is 5. The van der Waals surface area contributed by atoms with Crippen LogP contribution in [0.4, 0.5) is 0 Å². The maximum Gasteiger partial charge on any atom is 0.242 e. The maximum absolute atomic E-state index is 12.3. The molecule has 2 N–H and O–H groups in total. The first-order valence-electron chi connectivity index (χ1n) is 5.97. The monoisotopic (exact) mass is 311 g/mol. The van der Waals surface area contributed by atoms with Crippen LogP contribution in [0, 0.1) is 0 Å². The van der Waals surface area contributed by atoms with E-state index in [0.29, 0.717) is 5.56 Å². The largest absolute Gasteiger partial charge is 0.394 e. The Morgan fingerprint density at radius 2 is 1.65 bits per heavy atom. The number of aliphatic hydroxyl groups excluding tert-OH is 1. The molecule has 0 amide bonds. The highest BCUT2D eigenvalue weighted by Crippen LogP contribution is 2.22. The van der Waals surface area contributed by atoms with Crippen molar-refractivity contribution in [1.29, 1.82) is 0 Å². The molecule has 106 valence electrons. The van der Waals surface area contributed by atoms with Gasteiger partial charge in [0.15, 0.2) is 0 Å². The average Bonchev–Trinajstić information content (AvgIpc) is 2.46. The molecule has 4 nitrogen and oxygen atoms in total. The summed E-state index contributed by atoms with van der Waals surface area (Å²) in [5, 5.41) is 9.54. The number of hydrogen-bond acceptors (Lipinski definition) is 3. The number of aliphatic hydroxyl groups is 1. The van der Waals surface area contributed by atoms with Crippen LogP contribution >= 0.6 is 11.6 Å². The Morgan fingerprint density at radius 1 is 1.05 bits per heavy atom. The fourth-order valence-electron chi connectivity index (χ4n) is 1.81. The molecule has 0 spiro atoms. The first-order chi connectivity index (χ1) is 9.54. The van der Waals surface area contributed by atoms with Crippen molar-refractivity contribution in [2.75, 3.05) is 6.61 Å². The minimum Gasteiger partial charge on any atom is -0.394 e. The Bertz CT molecular complexity index is 674. The van der Waals surface area contributed by atoms with Crippen molar-refractivity contribution in [2.24, 2.45) is 0 Å². The molecule has 0 fully saturated rings. The van der Waals surface area contributed by atoms with E-state index in [-0.39, 0.29) is 16.5 Å². The lowest BCUT2D eigenvalue weighted by molar-refractivity contribution is 0.259. The molecule has 0 aliphatic rings. The zero-order valence-electron chi connectivity index (χ0n) is 10.5. The second kappa shape index (κ2) is 6.37. The number of sulfonamides is 1. The van der Waals surface area contributed by atoms with Gasteiger partial charge in [-0.15, -0.1) is 0 Å². The van der Waals surface area contributed by atoms with Crippen LogP contribution in [0.15, 0.2) is 59.5 Å². The first-order valence-corrected chi connectivity index (χ1v) is 7.83. The molecule has 0 saturated carbocycles. The van der Waals surface area contributed by atoms with Crippen molar-refractivity contribution in [3.63, 3.8) is 0 Å². The minimum atomic E-state index is -3.79. The molecule has 0 unspecified atom stereocenters. The molecule has 0 heterocycles. The zero-order chi connectivity index (χ0) is 14.6. The molecule has 0 aromatic heterocycles. The van der Waals surface area contributed by atoms with Crippen LogP contribution in [0.5, 0.6) is 0 Å². The van der Waals surface area contributed by atoms with Crippen molar-refractivity contribution in [1.82, 2.24) is 4.72 Å². The van der Waals surface area contributed by atoms with Crippen molar-refractivity contribution < 1.29 is 13.5 Å². The summed E-state index contributed by atoms with van der Waals surface area (Å²) in [7, 11) is -3.79. The Hall–Kier alpha value is -1.40. The first kappa shape index (κ1) is 15.0. The van der Waals surface area contributed by atoms with Crippen LogP contribution in [0.3, 0.4) is 0 Å². The third-order valence-electron chi connectivity index (χ3n) is 2.81. The summed E-state index contributed by atoms with van der Waals surface area (Å²) in [4.78, 5) is -0.00366. The topological polar surface area (TPSA) is 66.4 Å². The van der Waals surface area contributed by atoms with Crippen molar-refractivity contribution in [2.45, 2.75) is 10.9 Å². The summed E-state index contributed by atoms with van der Waals surface area (Å²) < 4.78 is 27.0. The van der Waals surface area contributed by atoms with Crippen LogP contribution in [0.1, 0.15) is 11.6 Å². The minimum absolute atomic E-state index is 0.00366. The lowest BCUT2D eigenvalue weighted by atomic mass is 10.1. The predicted molar refractivity (Wildman–Crippen MR) is 78.0 cm³/mol. The van der Waals surface area contributed by atoms with Crippen molar-refractivity contribution >= 4 is 21.6 Å². The molecule has 0 radical (unpaired) electrons. The predicted octanol–water partition coefficient (Wildman–Crippen LogP) is 2.35. The standard InChI is InChI=1S/C14H14ClNO3S/c15-12-8-4-5-9-14(12)20(18,19)16-13(10-17)11-6-2-1-3-7-11/h1-9,13,16-17H,10H2/t13-/m0/s1. The molecule has 0 aliphatic heterocycles. The lowest BCUT2D eigenvalue weighted by Crippen LogP contribution is -2.31. The van der Waals surface area contributed by atoms with Crippen molar-refractivity contribution in [3.8, 4) is 0 Å². The molecule has 2 aromatic carbocycles. The van der Waals surface area contributed by atoms with Gasteiger partial charge in [-0.25, -0.2) is 13.1 Å². The SMILES string of the molecule is O=S(=O)(N[C@@H](CO)c1ccccc1)c1ccccc1Cl. The maximum atomic E-state index is 12.3. The van der Waals surface area contributed by atoms with E-state index in [1.807, 2.05) is 6.07 Å². The smallest absolute Gasteiger partial charge is 0.242 e. The van der Waals surface area contributed by atoms with Gasteiger partial charge in [-0.3, -0.25) is 0 Å². The van der Waals surface area contributed by atoms with Gasteiger partial charge in [-0.05, 0) is 17.7 Å². The Morgan fingerprint density at radius 3 is 2.25 bits per heavy atom. The number of benzene rings is 2. The van der Waals surface area contributed by atoms with E-state index < -0.39 is 16.1 Å². The van der Waals surface area contributed by atoms with Gasteiger partial charge < -0.3 is 5.11 Å². The fraction of sp³-hybridized carbons (Fsp3) is 0.143. The van der Waals surface area contributed by atoms with Gasteiger partial charge in [0.05, 0.1) is 17.7 Å². The highest BCUT2D eigenvalue weighted by atomic mass is 35.5. The molecule has 6 heteroatoms. The van der Waals surface area contributed by atoms with E-state index in [0.717, 1.165) is 0 Å². The quantitative estimate of drug-likeness (QED) is 0.891. The Balaban J connectivity index is 2.30. The average molecular weight is 312 g/mol. The lowest BCUT2D eigenvalue weighted by Gasteiger charge is -2.17. The molecule has 1 atom stereocenters. The summed E-state index contributed by atoms with van der Waals surface area (Å²) in [6, 6.07) is 14.3. The molecule has 0 saturated heterocycles. The highest BCUT2D eigenvalue weighted by molar-refractivity contribution is 7.89. The summed E-state index contributed by atoms with van der Waals surface area (Å²) >= 11 is 5.90. The second-order valence-corrected chi connectivity index (χ2v) is 6.29. The third-order valence-corrected chi connectivity index (χ3v) is 4.78. The van der Waals surface area contributed by atoms with Crippen LogP contribution in [-0.4, -0.2) is 20.1 Å². The van der Waals surface area contributed by atoms with Gasteiger partial charge in [-0.2, -0.15) is 0 Å². The van der Waals surface area contributed by atoms with Crippen LogP contribution in [0.2, 0.25) is 5.02 Å². The fourth-order valence-corrected chi connectivity index (χ4v) is 3.54. The number of nitrogens with one attached hydrogen (secondary N) is 1. The van der Waals surface area contributed by atoms with E-state index in [9.17, 15) is 13.5 Å². The third kappa shape index (κ3) is 3.37. The van der Waals surface area contributed by atoms with Gasteiger partial charge in [0.1, 0.15) is 4.90 Å². The molecule has 2 rings (SSSR count). The van der Waals surface area contributed by atoms with E-state index in [1.165, 1.54) is 12.1 Å². The Labute approximate surface area is 123 Å². The van der Waals surface area contributed by atoms with E-state index in [4.69, 9.17) is 11.6 Å². The van der Waals surface area contributed by atoms with Crippen LogP contribution < -0.4 is 4.72 Å². The molecular weight excluding hydrogens is 298 g/mol. The van der Waals surface area contributed by atoms with Gasteiger partial charge in [0.25, 0.3) is 0 Å². The molecule has 20 heavy (non-hydrogen) atoms. The van der Waals surface area contributed by atoms with Gasteiger partial charge in [0, 0.05) is 0 Å². The summed E-state index contributed by atoms with van der Waals surface area (Å²) in [6.45, 7) is -0.340. The molecule has 0 aliphatic carbocycles. The highest BCUT2D eigenvalue weighted by Gasteiger charge is 2.22. The number of hydrogen-bond donors (Lipinski definition) is 2. The van der Waals surface area contributed by atoms with Crippen molar-refractivity contribution in [3.05, 3.63) is 65.2 Å². The Kier molecular flexibility index (Phi) is 4.77. The number of halogens is 1. The molecule has 2 aromatic rings.